The first-order valence-electron chi connectivity index (χ1n) is 8.96. The molecule has 1 amide bonds. The van der Waals surface area contributed by atoms with Gasteiger partial charge in [-0.25, -0.2) is 0 Å². The van der Waals surface area contributed by atoms with E-state index in [1.165, 1.54) is 31.2 Å². The first-order valence-corrected chi connectivity index (χ1v) is 8.96. The summed E-state index contributed by atoms with van der Waals surface area (Å²) >= 11 is 0. The van der Waals surface area contributed by atoms with Crippen molar-refractivity contribution < 1.29 is 9.69 Å². The number of hydrogen-bond donors (Lipinski definition) is 1. The van der Waals surface area contributed by atoms with E-state index in [2.05, 4.69) is 35.2 Å². The van der Waals surface area contributed by atoms with Gasteiger partial charge in [0.05, 0.1) is 26.2 Å². The van der Waals surface area contributed by atoms with Crippen LogP contribution < -0.4 is 4.90 Å². The van der Waals surface area contributed by atoms with E-state index >= 15 is 0 Å². The van der Waals surface area contributed by atoms with Crippen LogP contribution in [0.4, 0.5) is 0 Å². The summed E-state index contributed by atoms with van der Waals surface area (Å²) in [6.07, 6.45) is 5.19. The molecule has 3 nitrogen and oxygen atoms in total. The Labute approximate surface area is 133 Å². The molecular formula is C19H27N2O+. The average Bonchev–Trinajstić information content (AvgIpc) is 3.19. The molecule has 3 atom stereocenters. The Morgan fingerprint density at radius 1 is 1.09 bits per heavy atom. The lowest BCUT2D eigenvalue weighted by Gasteiger charge is -2.35. The van der Waals surface area contributed by atoms with Gasteiger partial charge in [0.25, 0.3) is 0 Å². The number of rotatable bonds is 3. The van der Waals surface area contributed by atoms with E-state index in [-0.39, 0.29) is 0 Å². The molecular weight excluding hydrogens is 272 g/mol. The minimum absolute atomic E-state index is 0.370. The van der Waals surface area contributed by atoms with Crippen LogP contribution in [-0.4, -0.2) is 37.0 Å². The van der Waals surface area contributed by atoms with Gasteiger partial charge in [-0.3, -0.25) is 4.79 Å². The molecule has 3 heteroatoms. The molecule has 2 bridgehead atoms. The van der Waals surface area contributed by atoms with Crippen LogP contribution in [0.15, 0.2) is 30.3 Å². The average molecular weight is 299 g/mol. The summed E-state index contributed by atoms with van der Waals surface area (Å²) in [5, 5.41) is 0. The third-order valence-corrected chi connectivity index (χ3v) is 6.13. The number of fused-ring (bicyclic) bond motifs is 2. The highest BCUT2D eigenvalue weighted by molar-refractivity contribution is 5.79. The second-order valence-electron chi connectivity index (χ2n) is 7.52. The summed E-state index contributed by atoms with van der Waals surface area (Å²) < 4.78 is 0. The van der Waals surface area contributed by atoms with Gasteiger partial charge in [-0.1, -0.05) is 36.8 Å². The highest BCUT2D eigenvalue weighted by Gasteiger charge is 2.44. The van der Waals surface area contributed by atoms with Crippen molar-refractivity contribution in [2.75, 3.05) is 26.2 Å². The van der Waals surface area contributed by atoms with E-state index < -0.39 is 0 Å². The van der Waals surface area contributed by atoms with E-state index in [1.807, 2.05) is 0 Å². The minimum Gasteiger partial charge on any atom is -0.331 e. The van der Waals surface area contributed by atoms with Crippen LogP contribution in [0.2, 0.25) is 0 Å². The first kappa shape index (κ1) is 14.3. The Bertz CT molecular complexity index is 521. The van der Waals surface area contributed by atoms with Gasteiger partial charge in [-0.15, -0.1) is 0 Å². The highest BCUT2D eigenvalue weighted by Crippen LogP contribution is 2.48. The zero-order valence-electron chi connectivity index (χ0n) is 13.3. The van der Waals surface area contributed by atoms with Crippen LogP contribution >= 0.6 is 0 Å². The fourth-order valence-electron chi connectivity index (χ4n) is 4.89. The fourth-order valence-corrected chi connectivity index (χ4v) is 4.89. The zero-order chi connectivity index (χ0) is 14.9. The number of carbonyl (C=O) groups is 1. The maximum atomic E-state index is 12.8. The van der Waals surface area contributed by atoms with E-state index in [0.29, 0.717) is 17.7 Å². The molecule has 0 aromatic heterocycles. The maximum Gasteiger partial charge on any atom is 0.226 e. The van der Waals surface area contributed by atoms with Crippen molar-refractivity contribution in [3.05, 3.63) is 35.9 Å². The molecule has 2 aliphatic carbocycles. The molecule has 0 unspecified atom stereocenters. The van der Waals surface area contributed by atoms with Crippen molar-refractivity contribution in [2.45, 2.75) is 32.2 Å². The van der Waals surface area contributed by atoms with Gasteiger partial charge >= 0.3 is 0 Å². The third-order valence-electron chi connectivity index (χ3n) is 6.13. The predicted molar refractivity (Wildman–Crippen MR) is 86.4 cm³/mol. The number of quaternary nitrogens is 1. The summed E-state index contributed by atoms with van der Waals surface area (Å²) in [6, 6.07) is 10.7. The number of hydrogen-bond acceptors (Lipinski definition) is 1. The standard InChI is InChI=1S/C19H26N2O/c22-19(18-13-16-6-7-17(18)12-16)21-10-8-20(9-11-21)14-15-4-2-1-3-5-15/h1-5,16-18H,6-14H2/p+1/t16-,17+,18+/m0/s1. The van der Waals surface area contributed by atoms with Crippen molar-refractivity contribution >= 4 is 5.91 Å². The molecule has 2 saturated carbocycles. The lowest BCUT2D eigenvalue weighted by molar-refractivity contribution is -0.917. The molecule has 22 heavy (non-hydrogen) atoms. The number of benzene rings is 1. The van der Waals surface area contributed by atoms with Crippen LogP contribution in [0.25, 0.3) is 0 Å². The summed E-state index contributed by atoms with van der Waals surface area (Å²) in [5.74, 6) is 2.43. The number of nitrogens with one attached hydrogen (secondary N) is 1. The molecule has 1 aromatic carbocycles. The van der Waals surface area contributed by atoms with Gasteiger partial charge in [-0.2, -0.15) is 0 Å². The molecule has 1 aliphatic heterocycles. The largest absolute Gasteiger partial charge is 0.331 e. The van der Waals surface area contributed by atoms with Crippen molar-refractivity contribution in [2.24, 2.45) is 17.8 Å². The summed E-state index contributed by atoms with van der Waals surface area (Å²) in [5.41, 5.74) is 1.41. The van der Waals surface area contributed by atoms with Gasteiger partial charge in [0.1, 0.15) is 6.54 Å². The lowest BCUT2D eigenvalue weighted by Crippen LogP contribution is -3.13. The van der Waals surface area contributed by atoms with Crippen LogP contribution in [0.5, 0.6) is 0 Å². The molecule has 3 fully saturated rings. The molecule has 1 heterocycles. The van der Waals surface area contributed by atoms with E-state index in [9.17, 15) is 4.79 Å². The lowest BCUT2D eigenvalue weighted by atomic mass is 9.87. The Balaban J connectivity index is 1.29. The molecule has 1 aromatic rings. The van der Waals surface area contributed by atoms with Gasteiger partial charge in [0.2, 0.25) is 5.91 Å². The molecule has 0 radical (unpaired) electrons. The van der Waals surface area contributed by atoms with E-state index in [1.54, 1.807) is 4.90 Å². The molecule has 3 aliphatic rings. The quantitative estimate of drug-likeness (QED) is 0.895. The monoisotopic (exact) mass is 299 g/mol. The van der Waals surface area contributed by atoms with E-state index in [0.717, 1.165) is 38.6 Å². The second kappa shape index (κ2) is 6.04. The summed E-state index contributed by atoms with van der Waals surface area (Å²) in [4.78, 5) is 16.6. The maximum absolute atomic E-state index is 12.8. The Kier molecular flexibility index (Phi) is 3.91. The summed E-state index contributed by atoms with van der Waals surface area (Å²) in [7, 11) is 0. The number of amides is 1. The SMILES string of the molecule is O=C([C@@H]1C[C@H]2CC[C@@H]1C2)N1CC[NH+](Cc2ccccc2)CC1. The Hall–Kier alpha value is -1.35. The molecule has 1 saturated heterocycles. The second-order valence-corrected chi connectivity index (χ2v) is 7.52. The van der Waals surface area contributed by atoms with Gasteiger partial charge < -0.3 is 9.80 Å². The van der Waals surface area contributed by atoms with Gasteiger partial charge in [0.15, 0.2) is 0 Å². The third kappa shape index (κ3) is 2.79. The smallest absolute Gasteiger partial charge is 0.226 e. The Morgan fingerprint density at radius 3 is 2.50 bits per heavy atom. The number of carbonyl (C=O) groups excluding carboxylic acids is 1. The first-order chi connectivity index (χ1) is 10.8. The number of piperazine rings is 1. The van der Waals surface area contributed by atoms with Crippen molar-refractivity contribution in [3.8, 4) is 0 Å². The van der Waals surface area contributed by atoms with E-state index in [4.69, 9.17) is 0 Å². The predicted octanol–water partition coefficient (Wildman–Crippen LogP) is 1.35. The normalized spacial score (nSPS) is 31.6. The zero-order valence-corrected chi connectivity index (χ0v) is 13.3. The van der Waals surface area contributed by atoms with Crippen LogP contribution in [0, 0.1) is 17.8 Å². The van der Waals surface area contributed by atoms with Crippen molar-refractivity contribution in [1.29, 1.82) is 0 Å². The minimum atomic E-state index is 0.370. The molecule has 4 rings (SSSR count). The van der Waals surface area contributed by atoms with Crippen molar-refractivity contribution in [1.82, 2.24) is 4.90 Å². The molecule has 0 spiro atoms. The molecule has 1 N–H and O–H groups in total. The fraction of sp³-hybridized carbons (Fsp3) is 0.632. The van der Waals surface area contributed by atoms with Crippen LogP contribution in [-0.2, 0) is 11.3 Å². The van der Waals surface area contributed by atoms with Crippen LogP contribution in [0.3, 0.4) is 0 Å². The number of nitrogens with zero attached hydrogens (tertiary/aromatic N) is 1. The summed E-state index contributed by atoms with van der Waals surface area (Å²) in [6.45, 7) is 5.20. The molecule has 118 valence electrons. The topological polar surface area (TPSA) is 24.8 Å². The van der Waals surface area contributed by atoms with Crippen LogP contribution in [0.1, 0.15) is 31.2 Å². The van der Waals surface area contributed by atoms with Gasteiger partial charge in [-0.05, 0) is 31.1 Å². The van der Waals surface area contributed by atoms with Crippen molar-refractivity contribution in [3.63, 3.8) is 0 Å². The highest BCUT2D eigenvalue weighted by atomic mass is 16.2. The Morgan fingerprint density at radius 2 is 1.86 bits per heavy atom. The van der Waals surface area contributed by atoms with Gasteiger partial charge in [0, 0.05) is 11.5 Å².